The zero-order valence-corrected chi connectivity index (χ0v) is 17.1. The Morgan fingerprint density at radius 2 is 2.04 bits per heavy atom. The van der Waals surface area contributed by atoms with Crippen LogP contribution in [-0.2, 0) is 0 Å². The second-order valence-corrected chi connectivity index (χ2v) is 7.84. The van der Waals surface area contributed by atoms with Crippen LogP contribution in [0, 0.1) is 0 Å². The van der Waals surface area contributed by atoms with Gasteiger partial charge in [0.1, 0.15) is 5.76 Å². The van der Waals surface area contributed by atoms with Crippen molar-refractivity contribution in [2.45, 2.75) is 57.5 Å². The molecule has 1 aromatic heterocycles. The molecule has 2 heterocycles. The van der Waals surface area contributed by atoms with Crippen molar-refractivity contribution in [3.05, 3.63) is 24.2 Å². The Morgan fingerprint density at radius 1 is 1.26 bits per heavy atom. The lowest BCUT2D eigenvalue weighted by atomic mass is 10.2. The number of hydrogen-bond donors (Lipinski definition) is 2. The van der Waals surface area contributed by atoms with E-state index in [4.69, 9.17) is 9.41 Å². The van der Waals surface area contributed by atoms with E-state index in [-0.39, 0.29) is 6.04 Å². The van der Waals surface area contributed by atoms with Crippen LogP contribution in [0.4, 0.5) is 0 Å². The summed E-state index contributed by atoms with van der Waals surface area (Å²) in [5.74, 6) is 1.94. The highest BCUT2D eigenvalue weighted by Crippen LogP contribution is 2.25. The van der Waals surface area contributed by atoms with E-state index in [1.54, 1.807) is 6.26 Å². The largest absolute Gasteiger partial charge is 0.468 e. The first-order valence-corrected chi connectivity index (χ1v) is 10.8. The van der Waals surface area contributed by atoms with Crippen molar-refractivity contribution in [2.24, 2.45) is 4.99 Å². The third kappa shape index (κ3) is 5.98. The van der Waals surface area contributed by atoms with Gasteiger partial charge in [-0.2, -0.15) is 0 Å². The molecule has 0 aromatic carbocycles. The van der Waals surface area contributed by atoms with Crippen LogP contribution in [-0.4, -0.2) is 68.1 Å². The van der Waals surface area contributed by atoms with E-state index in [0.717, 1.165) is 57.0 Å². The topological polar surface area (TPSA) is 56.0 Å². The zero-order valence-electron chi connectivity index (χ0n) is 17.1. The molecule has 6 nitrogen and oxygen atoms in total. The minimum atomic E-state index is 0.235. The lowest BCUT2D eigenvalue weighted by molar-refractivity contribution is 0.221. The van der Waals surface area contributed by atoms with Gasteiger partial charge in [0.15, 0.2) is 5.96 Å². The van der Waals surface area contributed by atoms with Crippen molar-refractivity contribution < 1.29 is 4.42 Å². The molecule has 0 bridgehead atoms. The van der Waals surface area contributed by atoms with Crippen molar-refractivity contribution in [2.75, 3.05) is 46.3 Å². The van der Waals surface area contributed by atoms with Crippen molar-refractivity contribution in [3.8, 4) is 0 Å². The molecule has 1 saturated carbocycles. The first-order chi connectivity index (χ1) is 13.3. The molecule has 1 atom stereocenters. The van der Waals surface area contributed by atoms with E-state index < -0.39 is 0 Å². The van der Waals surface area contributed by atoms with Gasteiger partial charge in [-0.25, -0.2) is 0 Å². The van der Waals surface area contributed by atoms with Gasteiger partial charge in [0.2, 0.25) is 0 Å². The maximum atomic E-state index is 5.71. The minimum absolute atomic E-state index is 0.235. The number of hydrogen-bond acceptors (Lipinski definition) is 4. The third-order valence-corrected chi connectivity index (χ3v) is 5.92. The Hall–Kier alpha value is -1.53. The van der Waals surface area contributed by atoms with Gasteiger partial charge in [0, 0.05) is 25.7 Å². The summed E-state index contributed by atoms with van der Waals surface area (Å²) in [4.78, 5) is 9.88. The molecule has 2 aliphatic rings. The van der Waals surface area contributed by atoms with Gasteiger partial charge < -0.3 is 20.0 Å². The molecular weight excluding hydrogens is 338 g/mol. The second-order valence-electron chi connectivity index (χ2n) is 7.84. The molecular formula is C21H37N5O. The molecule has 1 aliphatic heterocycles. The summed E-state index contributed by atoms with van der Waals surface area (Å²) in [5.41, 5.74) is 0. The summed E-state index contributed by atoms with van der Waals surface area (Å²) in [6.07, 6.45) is 9.79. The van der Waals surface area contributed by atoms with E-state index in [0.29, 0.717) is 0 Å². The molecule has 0 spiro atoms. The molecule has 2 fully saturated rings. The van der Waals surface area contributed by atoms with Gasteiger partial charge >= 0.3 is 0 Å². The number of rotatable bonds is 9. The molecule has 152 valence electrons. The summed E-state index contributed by atoms with van der Waals surface area (Å²) in [7, 11) is 2.25. The third-order valence-electron chi connectivity index (χ3n) is 5.92. The molecule has 1 aromatic rings. The van der Waals surface area contributed by atoms with Gasteiger partial charge in [-0.05, 0) is 64.9 Å². The maximum absolute atomic E-state index is 5.71. The van der Waals surface area contributed by atoms with Crippen LogP contribution in [0.25, 0.3) is 0 Å². The Morgan fingerprint density at radius 3 is 2.70 bits per heavy atom. The Labute approximate surface area is 164 Å². The van der Waals surface area contributed by atoms with E-state index in [9.17, 15) is 0 Å². The van der Waals surface area contributed by atoms with Crippen LogP contribution in [0.1, 0.15) is 57.3 Å². The second kappa shape index (κ2) is 10.7. The highest BCUT2D eigenvalue weighted by atomic mass is 16.3. The van der Waals surface area contributed by atoms with Crippen molar-refractivity contribution in [3.63, 3.8) is 0 Å². The molecule has 1 aliphatic carbocycles. The summed E-state index contributed by atoms with van der Waals surface area (Å²) < 4.78 is 5.71. The number of furan rings is 1. The van der Waals surface area contributed by atoms with E-state index in [2.05, 4.69) is 40.5 Å². The number of likely N-dealkylation sites (tertiary alicyclic amines) is 1. The molecule has 3 rings (SSSR count). The average molecular weight is 376 g/mol. The van der Waals surface area contributed by atoms with Gasteiger partial charge in [0.05, 0.1) is 18.8 Å². The highest BCUT2D eigenvalue weighted by molar-refractivity contribution is 5.79. The summed E-state index contributed by atoms with van der Waals surface area (Å²) >= 11 is 0. The Kier molecular flexibility index (Phi) is 8.02. The molecule has 1 saturated heterocycles. The number of aliphatic imine (C=N–C) groups is 1. The standard InChI is InChI=1S/C21H37N5O/c1-3-22-21(23-12-15-25(2)18-9-4-5-10-18)24-17-19(20-11-8-16-27-20)26-13-6-7-14-26/h8,11,16,18-19H,3-7,9-10,12-15,17H2,1-2H3,(H2,22,23,24). The highest BCUT2D eigenvalue weighted by Gasteiger charge is 2.25. The Balaban J connectivity index is 1.53. The van der Waals surface area contributed by atoms with Gasteiger partial charge in [-0.3, -0.25) is 9.89 Å². The molecule has 0 radical (unpaired) electrons. The smallest absolute Gasteiger partial charge is 0.191 e. The normalized spacial score (nSPS) is 20.5. The van der Waals surface area contributed by atoms with E-state index in [1.165, 1.54) is 38.5 Å². The van der Waals surface area contributed by atoms with Gasteiger partial charge in [-0.1, -0.05) is 12.8 Å². The first-order valence-electron chi connectivity index (χ1n) is 10.8. The van der Waals surface area contributed by atoms with Crippen LogP contribution >= 0.6 is 0 Å². The molecule has 6 heteroatoms. The van der Waals surface area contributed by atoms with Crippen LogP contribution in [0.15, 0.2) is 27.8 Å². The van der Waals surface area contributed by atoms with E-state index >= 15 is 0 Å². The fourth-order valence-electron chi connectivity index (χ4n) is 4.32. The monoisotopic (exact) mass is 375 g/mol. The minimum Gasteiger partial charge on any atom is -0.468 e. The van der Waals surface area contributed by atoms with Crippen LogP contribution in [0.2, 0.25) is 0 Å². The average Bonchev–Trinajstić information content (AvgIpc) is 3.44. The number of nitrogens with zero attached hydrogens (tertiary/aromatic N) is 3. The molecule has 0 amide bonds. The van der Waals surface area contributed by atoms with Crippen molar-refractivity contribution in [1.29, 1.82) is 0 Å². The summed E-state index contributed by atoms with van der Waals surface area (Å²) in [5, 5.41) is 6.90. The fraction of sp³-hybridized carbons (Fsp3) is 0.762. The SMILES string of the molecule is CCNC(=NCC(c1ccco1)N1CCCC1)NCCN(C)C1CCCC1. The Bertz CT molecular complexity index is 547. The number of likely N-dealkylation sites (N-methyl/N-ethyl adjacent to an activating group) is 1. The maximum Gasteiger partial charge on any atom is 0.191 e. The van der Waals surface area contributed by atoms with Crippen molar-refractivity contribution in [1.82, 2.24) is 20.4 Å². The predicted octanol–water partition coefficient (Wildman–Crippen LogP) is 2.85. The summed E-state index contributed by atoms with van der Waals surface area (Å²) in [6.45, 7) is 7.97. The zero-order chi connectivity index (χ0) is 18.9. The molecule has 27 heavy (non-hydrogen) atoms. The number of nitrogens with one attached hydrogen (secondary N) is 2. The first kappa shape index (κ1) is 20.2. The number of guanidine groups is 1. The van der Waals surface area contributed by atoms with Crippen LogP contribution in [0.3, 0.4) is 0 Å². The summed E-state index contributed by atoms with van der Waals surface area (Å²) in [6, 6.07) is 5.06. The predicted molar refractivity (Wildman–Crippen MR) is 111 cm³/mol. The molecule has 2 N–H and O–H groups in total. The quantitative estimate of drug-likeness (QED) is 0.513. The van der Waals surface area contributed by atoms with E-state index in [1.807, 2.05) is 6.07 Å². The van der Waals surface area contributed by atoms with Crippen LogP contribution in [0.5, 0.6) is 0 Å². The fourth-order valence-corrected chi connectivity index (χ4v) is 4.32. The molecule has 1 unspecified atom stereocenters. The lowest BCUT2D eigenvalue weighted by Crippen LogP contribution is -2.43. The van der Waals surface area contributed by atoms with Crippen LogP contribution < -0.4 is 10.6 Å². The van der Waals surface area contributed by atoms with Crippen molar-refractivity contribution >= 4 is 5.96 Å². The lowest BCUT2D eigenvalue weighted by Gasteiger charge is -2.25. The van der Waals surface area contributed by atoms with Gasteiger partial charge in [-0.15, -0.1) is 0 Å². The van der Waals surface area contributed by atoms with Gasteiger partial charge in [0.25, 0.3) is 0 Å².